The number of nitrogens with two attached hydrogens (primary N) is 1. The third-order valence-electron chi connectivity index (χ3n) is 2.51. The first-order chi connectivity index (χ1) is 4.74. The largest absolute Gasteiger partial charge is 0.325 e. The summed E-state index contributed by atoms with van der Waals surface area (Å²) in [6, 6.07) is -0.178. The maximum absolute atomic E-state index is 12.9. The van der Waals surface area contributed by atoms with Gasteiger partial charge < -0.3 is 5.73 Å². The third-order valence-corrected chi connectivity index (χ3v) is 2.51. The highest BCUT2D eigenvalue weighted by atomic mass is 19.1. The molecule has 0 radical (unpaired) electrons. The highest BCUT2D eigenvalue weighted by Gasteiger charge is 2.26. The van der Waals surface area contributed by atoms with E-state index in [1.54, 1.807) is 0 Å². The van der Waals surface area contributed by atoms with Gasteiger partial charge in [0.25, 0.3) is 0 Å². The second-order valence-electron chi connectivity index (χ2n) is 3.27. The maximum Gasteiger partial charge on any atom is 0.115 e. The minimum atomic E-state index is -0.737. The molecule has 1 nitrogen and oxygen atoms in total. The van der Waals surface area contributed by atoms with Gasteiger partial charge in [-0.05, 0) is 25.2 Å². The molecular weight excluding hydrogens is 129 g/mol. The Kier molecular flexibility index (Phi) is 2.66. The Morgan fingerprint density at radius 1 is 1.50 bits per heavy atom. The number of rotatable bonds is 1. The zero-order chi connectivity index (χ0) is 7.56. The number of hydrogen-bond donors (Lipinski definition) is 1. The Hall–Kier alpha value is -0.110. The van der Waals surface area contributed by atoms with Crippen LogP contribution in [0.3, 0.4) is 0 Å². The van der Waals surface area contributed by atoms with Gasteiger partial charge in [-0.3, -0.25) is 0 Å². The van der Waals surface area contributed by atoms with Crippen LogP contribution in [0.2, 0.25) is 0 Å². The Balaban J connectivity index is 2.33. The van der Waals surface area contributed by atoms with E-state index in [-0.39, 0.29) is 6.04 Å². The summed E-state index contributed by atoms with van der Waals surface area (Å²) in [6.07, 6.45) is 3.06. The number of alkyl halides is 1. The van der Waals surface area contributed by atoms with Crippen molar-refractivity contribution in [2.75, 3.05) is 0 Å². The van der Waals surface area contributed by atoms with Gasteiger partial charge in [0.05, 0.1) is 0 Å². The van der Waals surface area contributed by atoms with Crippen molar-refractivity contribution in [3.8, 4) is 0 Å². The maximum atomic E-state index is 12.9. The summed E-state index contributed by atoms with van der Waals surface area (Å²) in [6.45, 7) is 2.12. The third kappa shape index (κ3) is 1.69. The van der Waals surface area contributed by atoms with Crippen molar-refractivity contribution in [2.24, 2.45) is 11.7 Å². The van der Waals surface area contributed by atoms with E-state index >= 15 is 0 Å². The molecule has 0 saturated heterocycles. The summed E-state index contributed by atoms with van der Waals surface area (Å²) in [5.41, 5.74) is 5.52. The van der Waals surface area contributed by atoms with Crippen molar-refractivity contribution < 1.29 is 4.39 Å². The number of halogens is 1. The van der Waals surface area contributed by atoms with Crippen molar-refractivity contribution in [2.45, 2.75) is 44.8 Å². The van der Waals surface area contributed by atoms with E-state index in [0.29, 0.717) is 12.3 Å². The first kappa shape index (κ1) is 7.99. The second-order valence-corrected chi connectivity index (χ2v) is 3.27. The molecule has 2 N–H and O–H groups in total. The normalized spacial score (nSPS) is 41.7. The summed E-state index contributed by atoms with van der Waals surface area (Å²) in [5, 5.41) is 0. The Morgan fingerprint density at radius 3 is 2.70 bits per heavy atom. The summed E-state index contributed by atoms with van der Waals surface area (Å²) < 4.78 is 12.9. The van der Waals surface area contributed by atoms with E-state index in [1.807, 2.05) is 0 Å². The van der Waals surface area contributed by atoms with Crippen LogP contribution in [0.1, 0.15) is 32.6 Å². The van der Waals surface area contributed by atoms with Gasteiger partial charge in [-0.15, -0.1) is 0 Å². The lowest BCUT2D eigenvalue weighted by atomic mass is 9.84. The van der Waals surface area contributed by atoms with E-state index in [1.165, 1.54) is 0 Å². The average molecular weight is 145 g/mol. The van der Waals surface area contributed by atoms with E-state index in [2.05, 4.69) is 6.92 Å². The first-order valence-electron chi connectivity index (χ1n) is 4.13. The van der Waals surface area contributed by atoms with Crippen LogP contribution in [0.25, 0.3) is 0 Å². The fraction of sp³-hybridized carbons (Fsp3) is 1.00. The minimum Gasteiger partial charge on any atom is -0.325 e. The molecule has 0 aromatic heterocycles. The molecule has 0 aromatic rings. The predicted octanol–water partition coefficient (Wildman–Crippen LogP) is 1.86. The van der Waals surface area contributed by atoms with Gasteiger partial charge in [0.15, 0.2) is 0 Å². The molecule has 1 aliphatic carbocycles. The van der Waals surface area contributed by atoms with Gasteiger partial charge in [0.2, 0.25) is 0 Å². The predicted molar refractivity (Wildman–Crippen MR) is 40.5 cm³/mol. The molecule has 0 bridgehead atoms. The van der Waals surface area contributed by atoms with Gasteiger partial charge in [-0.1, -0.05) is 13.3 Å². The Bertz CT molecular complexity index is 105. The summed E-state index contributed by atoms with van der Waals surface area (Å²) >= 11 is 0. The Labute approximate surface area is 61.8 Å². The lowest BCUT2D eigenvalue weighted by molar-refractivity contribution is 0.169. The quantitative estimate of drug-likeness (QED) is 0.598. The van der Waals surface area contributed by atoms with Gasteiger partial charge in [0.1, 0.15) is 6.17 Å². The van der Waals surface area contributed by atoms with Crippen LogP contribution in [0, 0.1) is 5.92 Å². The molecule has 3 atom stereocenters. The topological polar surface area (TPSA) is 26.0 Å². The van der Waals surface area contributed by atoms with Crippen LogP contribution in [-0.2, 0) is 0 Å². The van der Waals surface area contributed by atoms with Gasteiger partial charge in [0, 0.05) is 6.04 Å². The zero-order valence-electron chi connectivity index (χ0n) is 6.52. The molecule has 60 valence electrons. The molecule has 2 heteroatoms. The summed E-state index contributed by atoms with van der Waals surface area (Å²) in [7, 11) is 0. The van der Waals surface area contributed by atoms with Gasteiger partial charge >= 0.3 is 0 Å². The van der Waals surface area contributed by atoms with Crippen LogP contribution < -0.4 is 5.73 Å². The molecule has 1 aliphatic rings. The monoisotopic (exact) mass is 145 g/mol. The Morgan fingerprint density at radius 2 is 2.20 bits per heavy atom. The van der Waals surface area contributed by atoms with Crippen molar-refractivity contribution in [3.63, 3.8) is 0 Å². The molecule has 0 spiro atoms. The van der Waals surface area contributed by atoms with Crippen molar-refractivity contribution in [3.05, 3.63) is 0 Å². The van der Waals surface area contributed by atoms with E-state index in [0.717, 1.165) is 19.3 Å². The fourth-order valence-electron chi connectivity index (χ4n) is 1.59. The minimum absolute atomic E-state index is 0.178. The van der Waals surface area contributed by atoms with Crippen LogP contribution in [0.5, 0.6) is 0 Å². The van der Waals surface area contributed by atoms with Crippen molar-refractivity contribution in [1.29, 1.82) is 0 Å². The molecule has 0 unspecified atom stereocenters. The van der Waals surface area contributed by atoms with Gasteiger partial charge in [-0.2, -0.15) is 0 Å². The highest BCUT2D eigenvalue weighted by Crippen LogP contribution is 2.27. The van der Waals surface area contributed by atoms with E-state index < -0.39 is 6.17 Å². The molecular formula is C8H16FN. The van der Waals surface area contributed by atoms with E-state index in [9.17, 15) is 4.39 Å². The number of hydrogen-bond acceptors (Lipinski definition) is 1. The molecule has 0 heterocycles. The molecule has 0 aromatic carbocycles. The molecule has 0 aliphatic heterocycles. The van der Waals surface area contributed by atoms with Crippen LogP contribution in [-0.4, -0.2) is 12.2 Å². The standard InChI is InChI=1S/C8H16FN/c1-2-6-3-4-8(10)7(9)5-6/h6-8H,2-5,10H2,1H3/t6-,7+,8+/m1/s1. The zero-order valence-corrected chi connectivity index (χ0v) is 6.52. The van der Waals surface area contributed by atoms with Crippen molar-refractivity contribution >= 4 is 0 Å². The first-order valence-corrected chi connectivity index (χ1v) is 4.13. The SMILES string of the molecule is CC[C@@H]1CC[C@H](N)[C@@H](F)C1. The van der Waals surface area contributed by atoms with Crippen LogP contribution in [0.4, 0.5) is 4.39 Å². The molecule has 1 saturated carbocycles. The van der Waals surface area contributed by atoms with Crippen molar-refractivity contribution in [1.82, 2.24) is 0 Å². The highest BCUT2D eigenvalue weighted by molar-refractivity contribution is 4.81. The van der Waals surface area contributed by atoms with E-state index in [4.69, 9.17) is 5.73 Å². The lowest BCUT2D eigenvalue weighted by Gasteiger charge is -2.28. The average Bonchev–Trinajstić information content (AvgIpc) is 1.95. The van der Waals surface area contributed by atoms with Crippen LogP contribution in [0.15, 0.2) is 0 Å². The molecule has 1 fully saturated rings. The lowest BCUT2D eigenvalue weighted by Crippen LogP contribution is -2.37. The molecule has 1 rings (SSSR count). The molecule has 10 heavy (non-hydrogen) atoms. The summed E-state index contributed by atoms with van der Waals surface area (Å²) in [4.78, 5) is 0. The fourth-order valence-corrected chi connectivity index (χ4v) is 1.59. The van der Waals surface area contributed by atoms with Gasteiger partial charge in [-0.25, -0.2) is 4.39 Å². The second kappa shape index (κ2) is 3.33. The summed E-state index contributed by atoms with van der Waals surface area (Å²) in [5.74, 6) is 0.592. The molecule has 0 amide bonds. The van der Waals surface area contributed by atoms with Crippen LogP contribution >= 0.6 is 0 Å². The smallest absolute Gasteiger partial charge is 0.115 e.